The van der Waals surface area contributed by atoms with E-state index in [4.69, 9.17) is 18.9 Å². The molecule has 1 aliphatic carbocycles. The Morgan fingerprint density at radius 3 is 2.49 bits per heavy atom. The normalized spacial score (nSPS) is 15.3. The molecular weight excluding hydrogens is 448 g/mol. The van der Waals surface area contributed by atoms with Gasteiger partial charge in [-0.25, -0.2) is 0 Å². The van der Waals surface area contributed by atoms with E-state index in [1.54, 1.807) is 25.2 Å². The van der Waals surface area contributed by atoms with Crippen molar-refractivity contribution in [3.63, 3.8) is 0 Å². The fourth-order valence-corrected chi connectivity index (χ4v) is 4.98. The van der Waals surface area contributed by atoms with Crippen LogP contribution in [0.1, 0.15) is 43.2 Å². The lowest BCUT2D eigenvalue weighted by Crippen LogP contribution is -2.37. The molecule has 0 bridgehead atoms. The first-order chi connectivity index (χ1) is 17.1. The number of benzene rings is 2. The monoisotopic (exact) mass is 478 g/mol. The average Bonchev–Trinajstić information content (AvgIpc) is 3.36. The van der Waals surface area contributed by atoms with Crippen molar-refractivity contribution >= 4 is 16.8 Å². The Balaban J connectivity index is 1.47. The molecule has 3 aromatic rings. The molecule has 184 valence electrons. The summed E-state index contributed by atoms with van der Waals surface area (Å²) < 4.78 is 21.7. The topological polar surface area (TPSA) is 90.1 Å². The van der Waals surface area contributed by atoms with Crippen LogP contribution < -0.4 is 24.5 Å². The number of aromatic amines is 1. The van der Waals surface area contributed by atoms with E-state index in [2.05, 4.69) is 4.98 Å². The van der Waals surface area contributed by atoms with E-state index < -0.39 is 0 Å². The van der Waals surface area contributed by atoms with E-state index in [0.717, 1.165) is 36.6 Å². The summed E-state index contributed by atoms with van der Waals surface area (Å²) in [7, 11) is 3.13. The standard InChI is InChI=1S/C27H30N2O6/c1-32-23-12-19-11-20(26(30)28-21(19)13-24(23)33-2)15-29(27(31)18-6-4-3-5-7-18)14-17-8-9-22-25(10-17)35-16-34-22/h8-13,18H,3-7,14-16H2,1-2H3,(H,28,30). The molecule has 35 heavy (non-hydrogen) atoms. The third-order valence-corrected chi connectivity index (χ3v) is 6.86. The zero-order valence-corrected chi connectivity index (χ0v) is 20.1. The van der Waals surface area contributed by atoms with Gasteiger partial charge in [-0.2, -0.15) is 0 Å². The lowest BCUT2D eigenvalue weighted by atomic mass is 9.88. The molecule has 2 aromatic carbocycles. The number of carbonyl (C=O) groups excluding carboxylic acids is 1. The molecule has 8 heteroatoms. The molecule has 1 fully saturated rings. The van der Waals surface area contributed by atoms with Crippen LogP contribution in [-0.4, -0.2) is 36.8 Å². The van der Waals surface area contributed by atoms with Gasteiger partial charge in [0.1, 0.15) is 0 Å². The third kappa shape index (κ3) is 4.78. The number of ether oxygens (including phenoxy) is 4. The summed E-state index contributed by atoms with van der Waals surface area (Å²) >= 11 is 0. The number of hydrogen-bond donors (Lipinski definition) is 1. The number of rotatable bonds is 7. The zero-order chi connectivity index (χ0) is 24.4. The smallest absolute Gasteiger partial charge is 0.253 e. The van der Waals surface area contributed by atoms with Crippen molar-refractivity contribution in [1.29, 1.82) is 0 Å². The maximum atomic E-state index is 13.6. The minimum atomic E-state index is -0.225. The van der Waals surface area contributed by atoms with E-state index in [-0.39, 0.29) is 30.7 Å². The molecule has 1 saturated carbocycles. The molecule has 0 spiro atoms. The lowest BCUT2D eigenvalue weighted by molar-refractivity contribution is -0.137. The predicted molar refractivity (Wildman–Crippen MR) is 131 cm³/mol. The fraction of sp³-hybridized carbons (Fsp3) is 0.407. The van der Waals surface area contributed by atoms with Crippen LogP contribution in [0.4, 0.5) is 0 Å². The molecule has 0 radical (unpaired) electrons. The number of aromatic nitrogens is 1. The molecule has 2 heterocycles. The van der Waals surface area contributed by atoms with Gasteiger partial charge in [-0.15, -0.1) is 0 Å². The molecule has 0 saturated heterocycles. The van der Waals surface area contributed by atoms with Gasteiger partial charge in [0.25, 0.3) is 5.56 Å². The van der Waals surface area contributed by atoms with Crippen molar-refractivity contribution in [3.8, 4) is 23.0 Å². The van der Waals surface area contributed by atoms with E-state index in [9.17, 15) is 9.59 Å². The van der Waals surface area contributed by atoms with Crippen LogP contribution in [-0.2, 0) is 17.9 Å². The maximum absolute atomic E-state index is 13.6. The number of H-pyrrole nitrogens is 1. The Morgan fingerprint density at radius 2 is 1.71 bits per heavy atom. The lowest BCUT2D eigenvalue weighted by Gasteiger charge is -2.29. The fourth-order valence-electron chi connectivity index (χ4n) is 4.98. The van der Waals surface area contributed by atoms with Crippen molar-refractivity contribution < 1.29 is 23.7 Å². The van der Waals surface area contributed by atoms with E-state index in [1.807, 2.05) is 30.3 Å². The number of hydrogen-bond acceptors (Lipinski definition) is 6. The molecule has 8 nitrogen and oxygen atoms in total. The first kappa shape index (κ1) is 23.1. The zero-order valence-electron chi connectivity index (χ0n) is 20.1. The minimum absolute atomic E-state index is 0.0124. The molecule has 0 unspecified atom stereocenters. The van der Waals surface area contributed by atoms with Gasteiger partial charge in [-0.1, -0.05) is 25.3 Å². The predicted octanol–water partition coefficient (Wildman–Crippen LogP) is 4.38. The summed E-state index contributed by atoms with van der Waals surface area (Å²) in [6.07, 6.45) is 5.07. The third-order valence-electron chi connectivity index (χ3n) is 6.86. The molecule has 1 aliphatic heterocycles. The Kier molecular flexibility index (Phi) is 6.53. The molecule has 2 aliphatic rings. The molecule has 0 atom stereocenters. The Labute approximate surface area is 203 Å². The first-order valence-corrected chi connectivity index (χ1v) is 12.0. The Morgan fingerprint density at radius 1 is 0.971 bits per heavy atom. The summed E-state index contributed by atoms with van der Waals surface area (Å²) in [6, 6.07) is 11.1. The number of carbonyl (C=O) groups is 1. The quantitative estimate of drug-likeness (QED) is 0.542. The highest BCUT2D eigenvalue weighted by Gasteiger charge is 2.27. The number of pyridine rings is 1. The Hall–Kier alpha value is -3.68. The van der Waals surface area contributed by atoms with Crippen LogP contribution in [0.2, 0.25) is 0 Å². The summed E-state index contributed by atoms with van der Waals surface area (Å²) in [5, 5.41) is 0.811. The highest BCUT2D eigenvalue weighted by atomic mass is 16.7. The summed E-state index contributed by atoms with van der Waals surface area (Å²) in [4.78, 5) is 31.4. The number of amides is 1. The first-order valence-electron chi connectivity index (χ1n) is 12.0. The van der Waals surface area contributed by atoms with Crippen molar-refractivity contribution in [2.24, 2.45) is 5.92 Å². The highest BCUT2D eigenvalue weighted by Crippen LogP contribution is 2.34. The van der Waals surface area contributed by atoms with Gasteiger partial charge in [0.15, 0.2) is 23.0 Å². The summed E-state index contributed by atoms with van der Waals surface area (Å²) in [6.45, 7) is 0.795. The van der Waals surface area contributed by atoms with Crippen molar-refractivity contribution in [2.75, 3.05) is 21.0 Å². The number of fused-ring (bicyclic) bond motifs is 2. The second-order valence-corrected chi connectivity index (χ2v) is 9.13. The van der Waals surface area contributed by atoms with Crippen LogP contribution >= 0.6 is 0 Å². The maximum Gasteiger partial charge on any atom is 0.253 e. The van der Waals surface area contributed by atoms with Crippen LogP contribution in [0.25, 0.3) is 10.9 Å². The van der Waals surface area contributed by atoms with Crippen LogP contribution in [0.5, 0.6) is 23.0 Å². The molecule has 1 amide bonds. The number of nitrogens with zero attached hydrogens (tertiary/aromatic N) is 1. The van der Waals surface area contributed by atoms with Gasteiger partial charge in [-0.05, 0) is 42.7 Å². The van der Waals surface area contributed by atoms with Crippen molar-refractivity contribution in [2.45, 2.75) is 45.2 Å². The minimum Gasteiger partial charge on any atom is -0.493 e. The SMILES string of the molecule is COc1cc2cc(CN(Cc3ccc4c(c3)OCO4)C(=O)C3CCCCC3)c(=O)[nH]c2cc1OC. The van der Waals surface area contributed by atoms with Gasteiger partial charge >= 0.3 is 0 Å². The largest absolute Gasteiger partial charge is 0.493 e. The van der Waals surface area contributed by atoms with Gasteiger partial charge in [-0.3, -0.25) is 9.59 Å². The second-order valence-electron chi connectivity index (χ2n) is 9.13. The average molecular weight is 479 g/mol. The van der Waals surface area contributed by atoms with Crippen LogP contribution in [0.3, 0.4) is 0 Å². The van der Waals surface area contributed by atoms with E-state index in [1.165, 1.54) is 6.42 Å². The van der Waals surface area contributed by atoms with Crippen molar-refractivity contribution in [1.82, 2.24) is 9.88 Å². The van der Waals surface area contributed by atoms with E-state index in [0.29, 0.717) is 40.6 Å². The Bertz CT molecular complexity index is 1290. The van der Waals surface area contributed by atoms with E-state index >= 15 is 0 Å². The summed E-state index contributed by atoms with van der Waals surface area (Å²) in [5.74, 6) is 2.58. The molecule has 1 N–H and O–H groups in total. The van der Waals surface area contributed by atoms with Crippen LogP contribution in [0, 0.1) is 5.92 Å². The van der Waals surface area contributed by atoms with Gasteiger partial charge < -0.3 is 28.8 Å². The van der Waals surface area contributed by atoms with Gasteiger partial charge in [0.05, 0.1) is 26.3 Å². The van der Waals surface area contributed by atoms with Gasteiger partial charge in [0, 0.05) is 29.5 Å². The molecule has 1 aromatic heterocycles. The number of nitrogens with one attached hydrogen (secondary N) is 1. The summed E-state index contributed by atoms with van der Waals surface area (Å²) in [5.41, 5.74) is 1.88. The molecular formula is C27H30N2O6. The van der Waals surface area contributed by atoms with Crippen LogP contribution in [0.15, 0.2) is 41.2 Å². The highest BCUT2D eigenvalue weighted by molar-refractivity contribution is 5.83. The second kappa shape index (κ2) is 9.90. The number of methoxy groups -OCH3 is 2. The van der Waals surface area contributed by atoms with Gasteiger partial charge in [0.2, 0.25) is 12.7 Å². The molecule has 5 rings (SSSR count). The van der Waals surface area contributed by atoms with Crippen molar-refractivity contribution in [3.05, 3.63) is 57.9 Å².